The maximum Gasteiger partial charge on any atom is 0.433 e. The second kappa shape index (κ2) is 4.27. The number of piperidine rings is 1. The molecule has 1 aliphatic heterocycles. The van der Waals surface area contributed by atoms with Crippen LogP contribution in [-0.4, -0.2) is 29.0 Å². The van der Waals surface area contributed by atoms with Crippen LogP contribution in [0.25, 0.3) is 0 Å². The molecular weight excluding hydrogens is 293 g/mol. The topological polar surface area (TPSA) is 29.0 Å². The van der Waals surface area contributed by atoms with Gasteiger partial charge in [-0.05, 0) is 19.8 Å². The molecule has 1 atom stereocenters. The maximum atomic E-state index is 13.5. The van der Waals surface area contributed by atoms with Crippen LogP contribution in [0.1, 0.15) is 30.8 Å². The first kappa shape index (κ1) is 14.5. The smallest absolute Gasteiger partial charge is 0.356 e. The van der Waals surface area contributed by atoms with E-state index in [1.807, 2.05) is 0 Å². The van der Waals surface area contributed by atoms with Crippen molar-refractivity contribution in [2.24, 2.45) is 5.41 Å². The standard InChI is InChI=1S/C13H14F5N3/c1-8-19-9(13(16,17)18)5-10(20-8)21-4-2-3-11(7-21)6-12(11,14)15/h5H,2-4,6-7H2,1H3. The Bertz CT molecular complexity index is 571. The number of hydrogen-bond acceptors (Lipinski definition) is 3. The fraction of sp³-hybridized carbons (Fsp3) is 0.692. The highest BCUT2D eigenvalue weighted by atomic mass is 19.4. The van der Waals surface area contributed by atoms with Gasteiger partial charge < -0.3 is 4.90 Å². The van der Waals surface area contributed by atoms with E-state index in [4.69, 9.17) is 0 Å². The summed E-state index contributed by atoms with van der Waals surface area (Å²) in [5.41, 5.74) is -2.12. The number of nitrogens with zero attached hydrogens (tertiary/aromatic N) is 3. The van der Waals surface area contributed by atoms with Crippen LogP contribution < -0.4 is 4.90 Å². The van der Waals surface area contributed by atoms with Gasteiger partial charge in [0.25, 0.3) is 5.92 Å². The third-order valence-electron chi connectivity index (χ3n) is 4.23. The van der Waals surface area contributed by atoms with Crippen LogP contribution in [0.2, 0.25) is 0 Å². The first-order chi connectivity index (χ1) is 9.63. The molecule has 1 unspecified atom stereocenters. The van der Waals surface area contributed by atoms with Gasteiger partial charge in [-0.15, -0.1) is 0 Å². The van der Waals surface area contributed by atoms with Gasteiger partial charge >= 0.3 is 6.18 Å². The average molecular weight is 307 g/mol. The Balaban J connectivity index is 1.89. The molecule has 0 N–H and O–H groups in total. The van der Waals surface area contributed by atoms with Crippen LogP contribution in [0.15, 0.2) is 6.07 Å². The van der Waals surface area contributed by atoms with Crippen molar-refractivity contribution in [1.82, 2.24) is 9.97 Å². The van der Waals surface area contributed by atoms with Crippen molar-refractivity contribution in [3.8, 4) is 0 Å². The summed E-state index contributed by atoms with van der Waals surface area (Å²) >= 11 is 0. The highest BCUT2D eigenvalue weighted by Gasteiger charge is 2.71. The highest BCUT2D eigenvalue weighted by molar-refractivity contribution is 5.43. The van der Waals surface area contributed by atoms with Gasteiger partial charge in [0.05, 0.1) is 5.41 Å². The zero-order valence-electron chi connectivity index (χ0n) is 11.3. The Labute approximate surface area is 118 Å². The second-order valence-electron chi connectivity index (χ2n) is 5.84. The lowest BCUT2D eigenvalue weighted by molar-refractivity contribution is -0.141. The molecule has 2 fully saturated rings. The summed E-state index contributed by atoms with van der Waals surface area (Å²) in [4.78, 5) is 8.87. The third kappa shape index (κ3) is 2.44. The van der Waals surface area contributed by atoms with Crippen LogP contribution in [0, 0.1) is 12.3 Å². The minimum Gasteiger partial charge on any atom is -0.356 e. The van der Waals surface area contributed by atoms with Gasteiger partial charge in [-0.3, -0.25) is 0 Å². The Kier molecular flexibility index (Phi) is 2.94. The molecule has 0 aromatic carbocycles. The zero-order chi connectivity index (χ0) is 15.5. The summed E-state index contributed by atoms with van der Waals surface area (Å²) in [6, 6.07) is 0.840. The molecular formula is C13H14F5N3. The molecule has 2 heterocycles. The van der Waals surface area contributed by atoms with Crippen LogP contribution in [0.5, 0.6) is 0 Å². The van der Waals surface area contributed by atoms with Crippen molar-refractivity contribution >= 4 is 5.82 Å². The highest BCUT2D eigenvalue weighted by Crippen LogP contribution is 2.64. The van der Waals surface area contributed by atoms with E-state index in [2.05, 4.69) is 9.97 Å². The van der Waals surface area contributed by atoms with E-state index in [0.29, 0.717) is 19.4 Å². The number of rotatable bonds is 1. The average Bonchev–Trinajstić information content (AvgIpc) is 2.87. The van der Waals surface area contributed by atoms with Crippen molar-refractivity contribution in [2.75, 3.05) is 18.0 Å². The molecule has 1 aliphatic carbocycles. The Hall–Kier alpha value is -1.47. The van der Waals surface area contributed by atoms with Gasteiger partial charge in [0, 0.05) is 25.6 Å². The van der Waals surface area contributed by atoms with E-state index >= 15 is 0 Å². The molecule has 8 heteroatoms. The Morgan fingerprint density at radius 3 is 2.48 bits per heavy atom. The first-order valence-corrected chi connectivity index (χ1v) is 6.69. The zero-order valence-corrected chi connectivity index (χ0v) is 11.3. The van der Waals surface area contributed by atoms with Crippen LogP contribution in [0.4, 0.5) is 27.8 Å². The van der Waals surface area contributed by atoms with Crippen LogP contribution in [-0.2, 0) is 6.18 Å². The number of alkyl halides is 5. The molecule has 116 valence electrons. The maximum absolute atomic E-state index is 13.5. The van der Waals surface area contributed by atoms with Crippen molar-refractivity contribution in [2.45, 2.75) is 38.3 Å². The van der Waals surface area contributed by atoms with E-state index in [1.54, 1.807) is 0 Å². The molecule has 3 nitrogen and oxygen atoms in total. The summed E-state index contributed by atoms with van der Waals surface area (Å²) in [6.07, 6.45) is -3.82. The fourth-order valence-electron chi connectivity index (χ4n) is 3.01. The SMILES string of the molecule is Cc1nc(N2CCCC3(C2)CC3(F)F)cc(C(F)(F)F)n1. The quantitative estimate of drug-likeness (QED) is 0.744. The number of hydrogen-bond donors (Lipinski definition) is 0. The molecule has 0 bridgehead atoms. The summed E-state index contributed by atoms with van der Waals surface area (Å²) in [6.45, 7) is 1.85. The molecule has 2 aliphatic rings. The van der Waals surface area contributed by atoms with Crippen molar-refractivity contribution in [1.29, 1.82) is 0 Å². The molecule has 1 aromatic heterocycles. The minimum atomic E-state index is -4.57. The molecule has 3 rings (SSSR count). The fourth-order valence-corrected chi connectivity index (χ4v) is 3.01. The lowest BCUT2D eigenvalue weighted by Crippen LogP contribution is -2.39. The second-order valence-corrected chi connectivity index (χ2v) is 5.84. The van der Waals surface area contributed by atoms with Gasteiger partial charge in [-0.25, -0.2) is 18.7 Å². The van der Waals surface area contributed by atoms with Crippen molar-refractivity contribution in [3.05, 3.63) is 17.6 Å². The van der Waals surface area contributed by atoms with Crippen molar-refractivity contribution < 1.29 is 22.0 Å². The van der Waals surface area contributed by atoms with Crippen LogP contribution in [0.3, 0.4) is 0 Å². The van der Waals surface area contributed by atoms with Gasteiger partial charge in [0.15, 0.2) is 0 Å². The lowest BCUT2D eigenvalue weighted by atomic mass is 9.94. The van der Waals surface area contributed by atoms with Gasteiger partial charge in [-0.1, -0.05) is 0 Å². The number of aromatic nitrogens is 2. The molecule has 1 spiro atoms. The van der Waals surface area contributed by atoms with Gasteiger partial charge in [0.2, 0.25) is 0 Å². The minimum absolute atomic E-state index is 0.0120. The summed E-state index contributed by atoms with van der Waals surface area (Å²) < 4.78 is 65.3. The normalized spacial score (nSPS) is 28.0. The number of aryl methyl sites for hydroxylation is 1. The predicted octanol–water partition coefficient (Wildman–Crippen LogP) is 3.43. The van der Waals surface area contributed by atoms with Crippen LogP contribution >= 0.6 is 0 Å². The number of halogens is 5. The van der Waals surface area contributed by atoms with Crippen molar-refractivity contribution in [3.63, 3.8) is 0 Å². The van der Waals surface area contributed by atoms with E-state index in [1.165, 1.54) is 11.8 Å². The Morgan fingerprint density at radius 1 is 1.24 bits per heavy atom. The van der Waals surface area contributed by atoms with E-state index < -0.39 is 23.2 Å². The largest absolute Gasteiger partial charge is 0.433 e. The predicted molar refractivity (Wildman–Crippen MR) is 65.2 cm³/mol. The molecule has 21 heavy (non-hydrogen) atoms. The van der Waals surface area contributed by atoms with E-state index in [0.717, 1.165) is 6.07 Å². The lowest BCUT2D eigenvalue weighted by Gasteiger charge is -2.34. The summed E-state index contributed by atoms with van der Waals surface area (Å²) in [5.74, 6) is -2.64. The summed E-state index contributed by atoms with van der Waals surface area (Å²) in [7, 11) is 0. The molecule has 0 amide bonds. The first-order valence-electron chi connectivity index (χ1n) is 6.69. The summed E-state index contributed by atoms with van der Waals surface area (Å²) in [5, 5.41) is 0. The van der Waals surface area contributed by atoms with E-state index in [-0.39, 0.29) is 24.6 Å². The molecule has 1 saturated heterocycles. The van der Waals surface area contributed by atoms with E-state index in [9.17, 15) is 22.0 Å². The molecule has 1 aromatic rings. The monoisotopic (exact) mass is 307 g/mol. The molecule has 1 saturated carbocycles. The van der Waals surface area contributed by atoms with Gasteiger partial charge in [0.1, 0.15) is 17.3 Å². The third-order valence-corrected chi connectivity index (χ3v) is 4.23. The Morgan fingerprint density at radius 2 is 1.90 bits per heavy atom. The number of anilines is 1. The molecule has 0 radical (unpaired) electrons. The van der Waals surface area contributed by atoms with Gasteiger partial charge in [-0.2, -0.15) is 13.2 Å².